The minimum Gasteiger partial charge on any atom is -0.481 e. The van der Waals surface area contributed by atoms with Gasteiger partial charge in [-0.25, -0.2) is 0 Å². The van der Waals surface area contributed by atoms with Gasteiger partial charge in [0.1, 0.15) is 0 Å². The van der Waals surface area contributed by atoms with Gasteiger partial charge in [0.05, 0.1) is 10.8 Å². The fourth-order valence-electron chi connectivity index (χ4n) is 5.61. The van der Waals surface area contributed by atoms with E-state index >= 15 is 0 Å². The Kier molecular flexibility index (Phi) is 13.9. The predicted octanol–water partition coefficient (Wildman–Crippen LogP) is 8.40. The molecule has 4 nitrogen and oxygen atoms in total. The molecule has 0 amide bonds. The number of unbranched alkanes of at least 4 members (excludes halogenated alkanes) is 11. The lowest BCUT2D eigenvalue weighted by molar-refractivity contribution is -0.177. The first-order valence-corrected chi connectivity index (χ1v) is 13.4. The smallest absolute Gasteiger partial charge is 0.311 e. The van der Waals surface area contributed by atoms with Crippen molar-refractivity contribution in [1.29, 1.82) is 0 Å². The molecule has 1 rings (SSSR count). The van der Waals surface area contributed by atoms with Crippen LogP contribution in [0.25, 0.3) is 0 Å². The first-order chi connectivity index (χ1) is 15.3. The number of rotatable bonds is 19. The molecule has 0 bridgehead atoms. The highest BCUT2D eigenvalue weighted by Gasteiger charge is 2.60. The van der Waals surface area contributed by atoms with Gasteiger partial charge in [-0.3, -0.25) is 9.59 Å². The molecule has 0 saturated heterocycles. The van der Waals surface area contributed by atoms with E-state index in [1.54, 1.807) is 0 Å². The lowest BCUT2D eigenvalue weighted by atomic mass is 9.54. The molecule has 4 heteroatoms. The largest absolute Gasteiger partial charge is 0.481 e. The molecule has 0 saturated carbocycles. The van der Waals surface area contributed by atoms with Crippen molar-refractivity contribution in [1.82, 2.24) is 0 Å². The highest BCUT2D eigenvalue weighted by atomic mass is 16.4. The molecule has 2 atom stereocenters. The Morgan fingerprint density at radius 2 is 1.06 bits per heavy atom. The Bertz CT molecular complexity index is 568. The highest BCUT2D eigenvalue weighted by Crippen LogP contribution is 2.54. The second-order valence-electron chi connectivity index (χ2n) is 10.6. The summed E-state index contributed by atoms with van der Waals surface area (Å²) in [5.41, 5.74) is -2.34. The normalized spacial score (nSPS) is 23.0. The third-order valence-corrected chi connectivity index (χ3v) is 7.65. The molecule has 0 heterocycles. The van der Waals surface area contributed by atoms with Crippen LogP contribution in [0, 0.1) is 16.7 Å². The van der Waals surface area contributed by atoms with Crippen molar-refractivity contribution in [2.45, 2.75) is 136 Å². The summed E-state index contributed by atoms with van der Waals surface area (Å²) in [7, 11) is 0. The lowest BCUT2D eigenvalue weighted by Gasteiger charge is -2.46. The fourth-order valence-corrected chi connectivity index (χ4v) is 5.61. The van der Waals surface area contributed by atoms with E-state index in [9.17, 15) is 19.8 Å². The third kappa shape index (κ3) is 8.56. The van der Waals surface area contributed by atoms with Gasteiger partial charge in [0.15, 0.2) is 0 Å². The maximum Gasteiger partial charge on any atom is 0.311 e. The van der Waals surface area contributed by atoms with Crippen molar-refractivity contribution in [2.75, 3.05) is 0 Å². The number of carboxylic acids is 2. The Morgan fingerprint density at radius 1 is 0.688 bits per heavy atom. The van der Waals surface area contributed by atoms with Gasteiger partial charge in [-0.05, 0) is 31.6 Å². The number of carbonyl (C=O) groups is 2. The Hall–Kier alpha value is -1.32. The molecule has 0 aromatic heterocycles. The summed E-state index contributed by atoms with van der Waals surface area (Å²) in [5, 5.41) is 20.2. The van der Waals surface area contributed by atoms with Crippen LogP contribution < -0.4 is 0 Å². The molecule has 0 aromatic rings. The third-order valence-electron chi connectivity index (χ3n) is 7.65. The topological polar surface area (TPSA) is 74.6 Å². The van der Waals surface area contributed by atoms with Crippen LogP contribution in [0.2, 0.25) is 0 Å². The molecule has 186 valence electrons. The first kappa shape index (κ1) is 28.7. The molecule has 0 radical (unpaired) electrons. The predicted molar refractivity (Wildman–Crippen MR) is 133 cm³/mol. The number of allylic oxidation sites excluding steroid dienone is 2. The zero-order valence-electron chi connectivity index (χ0n) is 21.2. The SMILES string of the molecule is CCCC1(C(=O)O)CC=CCC1(CCCCCCCCCCCCCCC(C)C)C(=O)O. The van der Waals surface area contributed by atoms with Gasteiger partial charge in [0.2, 0.25) is 0 Å². The summed E-state index contributed by atoms with van der Waals surface area (Å²) >= 11 is 0. The van der Waals surface area contributed by atoms with Gasteiger partial charge >= 0.3 is 11.9 Å². The molecular weight excluding hydrogens is 400 g/mol. The summed E-state index contributed by atoms with van der Waals surface area (Å²) in [6.07, 6.45) is 22.2. The minimum absolute atomic E-state index is 0.334. The van der Waals surface area contributed by atoms with E-state index in [1.807, 2.05) is 19.1 Å². The summed E-state index contributed by atoms with van der Waals surface area (Å²) in [5.74, 6) is -1.03. The second-order valence-corrected chi connectivity index (χ2v) is 10.6. The van der Waals surface area contributed by atoms with Gasteiger partial charge in [0, 0.05) is 0 Å². The maximum atomic E-state index is 12.4. The van der Waals surface area contributed by atoms with E-state index < -0.39 is 22.8 Å². The van der Waals surface area contributed by atoms with Crippen molar-refractivity contribution >= 4 is 11.9 Å². The van der Waals surface area contributed by atoms with Crippen LogP contribution in [0.3, 0.4) is 0 Å². The zero-order chi connectivity index (χ0) is 23.9. The van der Waals surface area contributed by atoms with Crippen molar-refractivity contribution in [3.8, 4) is 0 Å². The summed E-state index contributed by atoms with van der Waals surface area (Å²) in [4.78, 5) is 24.6. The van der Waals surface area contributed by atoms with Crippen LogP contribution in [-0.4, -0.2) is 22.2 Å². The minimum atomic E-state index is -1.17. The van der Waals surface area contributed by atoms with Crippen molar-refractivity contribution in [2.24, 2.45) is 16.7 Å². The van der Waals surface area contributed by atoms with Gasteiger partial charge in [-0.15, -0.1) is 0 Å². The van der Waals surface area contributed by atoms with Crippen LogP contribution in [0.1, 0.15) is 136 Å². The Balaban J connectivity index is 2.27. The molecule has 2 N–H and O–H groups in total. The molecule has 1 aliphatic rings. The summed E-state index contributed by atoms with van der Waals surface area (Å²) in [6.45, 7) is 6.54. The van der Waals surface area contributed by atoms with Gasteiger partial charge < -0.3 is 10.2 Å². The quantitative estimate of drug-likeness (QED) is 0.153. The average Bonchev–Trinajstić information content (AvgIpc) is 2.74. The monoisotopic (exact) mass is 450 g/mol. The molecule has 0 aliphatic heterocycles. The van der Waals surface area contributed by atoms with Crippen LogP contribution >= 0.6 is 0 Å². The molecular formula is C28H50O4. The second kappa shape index (κ2) is 15.5. The van der Waals surface area contributed by atoms with E-state index in [1.165, 1.54) is 64.2 Å². The lowest BCUT2D eigenvalue weighted by Crippen LogP contribution is -2.53. The van der Waals surface area contributed by atoms with E-state index in [0.29, 0.717) is 32.1 Å². The number of aliphatic carboxylic acids is 2. The van der Waals surface area contributed by atoms with E-state index in [4.69, 9.17) is 0 Å². The standard InChI is InChI=1S/C28H50O4/c1-4-20-27(25(29)30)22-17-18-23-28(27,26(31)32)21-16-14-12-10-8-6-5-7-9-11-13-15-19-24(2)3/h17-18,24H,4-16,19-23H2,1-3H3,(H,29,30)(H,31,32). The van der Waals surface area contributed by atoms with Crippen LogP contribution in [0.15, 0.2) is 12.2 Å². The summed E-state index contributed by atoms with van der Waals surface area (Å²) < 4.78 is 0. The average molecular weight is 451 g/mol. The number of carboxylic acid groups (broad SMARTS) is 2. The Morgan fingerprint density at radius 3 is 1.44 bits per heavy atom. The Labute approximate surface area is 197 Å². The first-order valence-electron chi connectivity index (χ1n) is 13.4. The van der Waals surface area contributed by atoms with Gasteiger partial charge in [-0.1, -0.05) is 123 Å². The molecule has 0 fully saturated rings. The van der Waals surface area contributed by atoms with Crippen LogP contribution in [0.5, 0.6) is 0 Å². The number of hydrogen-bond donors (Lipinski definition) is 2. The molecule has 2 unspecified atom stereocenters. The van der Waals surface area contributed by atoms with Gasteiger partial charge in [-0.2, -0.15) is 0 Å². The fraction of sp³-hybridized carbons (Fsp3) is 0.857. The van der Waals surface area contributed by atoms with Crippen LogP contribution in [-0.2, 0) is 9.59 Å². The molecule has 1 aliphatic carbocycles. The molecule has 0 aromatic carbocycles. The van der Waals surface area contributed by atoms with E-state index in [0.717, 1.165) is 25.2 Å². The van der Waals surface area contributed by atoms with E-state index in [2.05, 4.69) is 13.8 Å². The number of hydrogen-bond acceptors (Lipinski definition) is 2. The van der Waals surface area contributed by atoms with Crippen molar-refractivity contribution < 1.29 is 19.8 Å². The van der Waals surface area contributed by atoms with E-state index in [-0.39, 0.29) is 0 Å². The maximum absolute atomic E-state index is 12.4. The van der Waals surface area contributed by atoms with Crippen molar-refractivity contribution in [3.05, 3.63) is 12.2 Å². The highest BCUT2D eigenvalue weighted by molar-refractivity contribution is 5.87. The molecule has 32 heavy (non-hydrogen) atoms. The zero-order valence-corrected chi connectivity index (χ0v) is 21.2. The molecule has 0 spiro atoms. The summed E-state index contributed by atoms with van der Waals surface area (Å²) in [6, 6.07) is 0. The van der Waals surface area contributed by atoms with Crippen molar-refractivity contribution in [3.63, 3.8) is 0 Å². The van der Waals surface area contributed by atoms with Crippen LogP contribution in [0.4, 0.5) is 0 Å². The van der Waals surface area contributed by atoms with Gasteiger partial charge in [0.25, 0.3) is 0 Å².